The van der Waals surface area contributed by atoms with E-state index < -0.39 is 6.03 Å². The lowest BCUT2D eigenvalue weighted by molar-refractivity contribution is 0.0615. The van der Waals surface area contributed by atoms with Gasteiger partial charge in [0.15, 0.2) is 0 Å². The fourth-order valence-electron chi connectivity index (χ4n) is 2.52. The summed E-state index contributed by atoms with van der Waals surface area (Å²) in [5.41, 5.74) is 5.52. The molecule has 21 heavy (non-hydrogen) atoms. The highest BCUT2D eigenvalue weighted by atomic mass is 35.5. The normalized spacial score (nSPS) is 18.4. The first kappa shape index (κ1) is 15.9. The second-order valence-electron chi connectivity index (χ2n) is 5.02. The fraction of sp³-hybridized carbons (Fsp3) is 0.429. The van der Waals surface area contributed by atoms with Gasteiger partial charge in [0.1, 0.15) is 0 Å². The molecule has 3 N–H and O–H groups in total. The van der Waals surface area contributed by atoms with E-state index in [-0.39, 0.29) is 11.9 Å². The van der Waals surface area contributed by atoms with Crippen LogP contribution in [0.5, 0.6) is 0 Å². The van der Waals surface area contributed by atoms with Gasteiger partial charge in [-0.25, -0.2) is 4.79 Å². The Labute approximate surface area is 133 Å². The van der Waals surface area contributed by atoms with Crippen molar-refractivity contribution in [1.29, 1.82) is 0 Å². The van der Waals surface area contributed by atoms with Gasteiger partial charge in [-0.05, 0) is 37.5 Å². The first-order chi connectivity index (χ1) is 9.99. The standard InChI is InChI=1S/C14H17Cl2N3O2/c15-9-4-5-11(12(16)7-9)13(20)19-6-2-1-3-10(19)8-18-14(17)21/h4-5,7,10H,1-3,6,8H2,(H3,17,18,21)/t10-/m1/s1. The SMILES string of the molecule is NC(=O)NC[C@H]1CCCCN1C(=O)c1ccc(Cl)cc1Cl. The molecule has 1 heterocycles. The molecular weight excluding hydrogens is 313 g/mol. The first-order valence-corrected chi connectivity index (χ1v) is 7.54. The number of rotatable bonds is 3. The van der Waals surface area contributed by atoms with Gasteiger partial charge < -0.3 is 16.0 Å². The zero-order valence-corrected chi connectivity index (χ0v) is 13.0. The molecule has 0 spiro atoms. The van der Waals surface area contributed by atoms with Crippen LogP contribution in [0.15, 0.2) is 18.2 Å². The Morgan fingerprint density at radius 1 is 1.33 bits per heavy atom. The van der Waals surface area contributed by atoms with E-state index in [9.17, 15) is 9.59 Å². The number of hydrogen-bond acceptors (Lipinski definition) is 2. The van der Waals surface area contributed by atoms with Gasteiger partial charge in [0.05, 0.1) is 10.6 Å². The second-order valence-corrected chi connectivity index (χ2v) is 5.86. The predicted molar refractivity (Wildman–Crippen MR) is 82.7 cm³/mol. The van der Waals surface area contributed by atoms with Crippen LogP contribution in [0.1, 0.15) is 29.6 Å². The van der Waals surface area contributed by atoms with Crippen LogP contribution in [-0.4, -0.2) is 36.0 Å². The topological polar surface area (TPSA) is 75.4 Å². The molecule has 0 bridgehead atoms. The molecule has 1 aromatic rings. The van der Waals surface area contributed by atoms with Gasteiger partial charge in [0.25, 0.3) is 5.91 Å². The largest absolute Gasteiger partial charge is 0.352 e. The number of nitrogens with zero attached hydrogens (tertiary/aromatic N) is 1. The van der Waals surface area contributed by atoms with E-state index in [1.165, 1.54) is 0 Å². The van der Waals surface area contributed by atoms with E-state index in [2.05, 4.69) is 5.32 Å². The Morgan fingerprint density at radius 2 is 2.10 bits per heavy atom. The summed E-state index contributed by atoms with van der Waals surface area (Å²) in [6.45, 7) is 0.995. The number of primary amides is 1. The molecule has 114 valence electrons. The van der Waals surface area contributed by atoms with E-state index in [1.807, 2.05) is 0 Å². The molecule has 1 fully saturated rings. The maximum Gasteiger partial charge on any atom is 0.312 e. The van der Waals surface area contributed by atoms with Crippen molar-refractivity contribution in [1.82, 2.24) is 10.2 Å². The summed E-state index contributed by atoms with van der Waals surface area (Å²) < 4.78 is 0. The van der Waals surface area contributed by atoms with Crippen LogP contribution in [0.25, 0.3) is 0 Å². The molecule has 3 amide bonds. The molecule has 1 saturated heterocycles. The van der Waals surface area contributed by atoms with Crippen molar-refractivity contribution in [2.75, 3.05) is 13.1 Å². The number of nitrogens with one attached hydrogen (secondary N) is 1. The van der Waals surface area contributed by atoms with Crippen LogP contribution in [0.2, 0.25) is 10.0 Å². The van der Waals surface area contributed by atoms with Crippen molar-refractivity contribution in [2.24, 2.45) is 5.73 Å². The number of nitrogens with two attached hydrogens (primary N) is 1. The third-order valence-corrected chi connectivity index (χ3v) is 4.11. The Balaban J connectivity index is 2.16. The van der Waals surface area contributed by atoms with Crippen molar-refractivity contribution in [3.63, 3.8) is 0 Å². The molecule has 1 atom stereocenters. The molecule has 0 aliphatic carbocycles. The van der Waals surface area contributed by atoms with Gasteiger partial charge in [0.2, 0.25) is 0 Å². The molecule has 1 aromatic carbocycles. The molecule has 0 unspecified atom stereocenters. The Kier molecular flexibility index (Phi) is 5.31. The molecule has 5 nitrogen and oxygen atoms in total. The number of carbonyl (C=O) groups is 2. The highest BCUT2D eigenvalue weighted by Gasteiger charge is 2.28. The van der Waals surface area contributed by atoms with Crippen molar-refractivity contribution < 1.29 is 9.59 Å². The molecule has 1 aliphatic rings. The number of piperidine rings is 1. The summed E-state index contributed by atoms with van der Waals surface area (Å²) in [6.07, 6.45) is 2.78. The maximum atomic E-state index is 12.6. The van der Waals surface area contributed by atoms with Crippen LogP contribution in [0.3, 0.4) is 0 Å². The number of halogens is 2. The highest BCUT2D eigenvalue weighted by Crippen LogP contribution is 2.25. The number of likely N-dealkylation sites (tertiary alicyclic amines) is 1. The zero-order valence-electron chi connectivity index (χ0n) is 11.4. The Hall–Kier alpha value is -1.46. The van der Waals surface area contributed by atoms with Crippen LogP contribution >= 0.6 is 23.2 Å². The summed E-state index contributed by atoms with van der Waals surface area (Å²) in [5.74, 6) is -0.146. The van der Waals surface area contributed by atoms with Crippen molar-refractivity contribution >= 4 is 35.1 Å². The number of amides is 3. The van der Waals surface area contributed by atoms with E-state index in [0.717, 1.165) is 19.3 Å². The van der Waals surface area contributed by atoms with Gasteiger partial charge >= 0.3 is 6.03 Å². The first-order valence-electron chi connectivity index (χ1n) is 6.78. The summed E-state index contributed by atoms with van der Waals surface area (Å²) in [5, 5.41) is 3.39. The molecule has 1 aliphatic heterocycles. The Bertz CT molecular complexity index is 551. The third-order valence-electron chi connectivity index (χ3n) is 3.56. The molecule has 2 rings (SSSR count). The number of urea groups is 1. The molecule has 0 aromatic heterocycles. The lowest BCUT2D eigenvalue weighted by Gasteiger charge is -2.36. The summed E-state index contributed by atoms with van der Waals surface area (Å²) in [6, 6.07) is 4.17. The quantitative estimate of drug-likeness (QED) is 0.894. The monoisotopic (exact) mass is 329 g/mol. The van der Waals surface area contributed by atoms with Crippen LogP contribution in [0, 0.1) is 0 Å². The number of hydrogen-bond donors (Lipinski definition) is 2. The molecule has 0 radical (unpaired) electrons. The van der Waals surface area contributed by atoms with Crippen LogP contribution in [0.4, 0.5) is 4.79 Å². The van der Waals surface area contributed by atoms with Gasteiger partial charge in [-0.2, -0.15) is 0 Å². The minimum Gasteiger partial charge on any atom is -0.352 e. The lowest BCUT2D eigenvalue weighted by atomic mass is 10.0. The smallest absolute Gasteiger partial charge is 0.312 e. The average Bonchev–Trinajstić information content (AvgIpc) is 2.45. The third kappa shape index (κ3) is 4.02. The van der Waals surface area contributed by atoms with E-state index >= 15 is 0 Å². The van der Waals surface area contributed by atoms with E-state index in [1.54, 1.807) is 23.1 Å². The summed E-state index contributed by atoms with van der Waals surface area (Å²) in [4.78, 5) is 25.2. The minimum absolute atomic E-state index is 0.0644. The van der Waals surface area contributed by atoms with Crippen LogP contribution < -0.4 is 11.1 Å². The fourth-order valence-corrected chi connectivity index (χ4v) is 3.01. The molecular formula is C14H17Cl2N3O2. The van der Waals surface area contributed by atoms with Crippen LogP contribution in [-0.2, 0) is 0 Å². The van der Waals surface area contributed by atoms with Crippen molar-refractivity contribution in [3.05, 3.63) is 33.8 Å². The summed E-state index contributed by atoms with van der Waals surface area (Å²) in [7, 11) is 0. The summed E-state index contributed by atoms with van der Waals surface area (Å²) >= 11 is 11.9. The number of carbonyl (C=O) groups excluding carboxylic acids is 2. The van der Waals surface area contributed by atoms with Crippen molar-refractivity contribution in [3.8, 4) is 0 Å². The van der Waals surface area contributed by atoms with Gasteiger partial charge in [0, 0.05) is 24.2 Å². The lowest BCUT2D eigenvalue weighted by Crippen LogP contribution is -2.50. The van der Waals surface area contributed by atoms with Gasteiger partial charge in [-0.15, -0.1) is 0 Å². The maximum absolute atomic E-state index is 12.6. The highest BCUT2D eigenvalue weighted by molar-refractivity contribution is 6.36. The number of benzene rings is 1. The van der Waals surface area contributed by atoms with E-state index in [4.69, 9.17) is 28.9 Å². The van der Waals surface area contributed by atoms with Gasteiger partial charge in [-0.1, -0.05) is 23.2 Å². The average molecular weight is 330 g/mol. The Morgan fingerprint density at radius 3 is 2.76 bits per heavy atom. The van der Waals surface area contributed by atoms with Gasteiger partial charge in [-0.3, -0.25) is 4.79 Å². The van der Waals surface area contributed by atoms with Crippen molar-refractivity contribution in [2.45, 2.75) is 25.3 Å². The minimum atomic E-state index is -0.586. The predicted octanol–water partition coefficient (Wildman–Crippen LogP) is 2.66. The zero-order chi connectivity index (χ0) is 15.4. The second kappa shape index (κ2) is 7.00. The molecule has 0 saturated carbocycles. The molecule has 7 heteroatoms. The van der Waals surface area contributed by atoms with E-state index in [0.29, 0.717) is 28.7 Å².